The van der Waals surface area contributed by atoms with Crippen LogP contribution in [0.15, 0.2) is 18.2 Å². The molecule has 0 saturated heterocycles. The number of nitrogens with one attached hydrogen (secondary N) is 3. The SMILES string of the molecule is CC(=O)NCC(=O)NCC(=O)NC(Cc1cc(Cl)cc(Cl)c1)C(=O)O. The average molecular weight is 390 g/mol. The van der Waals surface area contributed by atoms with Crippen molar-refractivity contribution in [2.24, 2.45) is 0 Å². The minimum Gasteiger partial charge on any atom is -0.480 e. The van der Waals surface area contributed by atoms with Gasteiger partial charge in [-0.2, -0.15) is 0 Å². The van der Waals surface area contributed by atoms with Gasteiger partial charge in [0.15, 0.2) is 0 Å². The molecule has 0 saturated carbocycles. The first-order valence-electron chi connectivity index (χ1n) is 7.15. The molecule has 1 rings (SSSR count). The molecule has 0 aliphatic rings. The maximum Gasteiger partial charge on any atom is 0.326 e. The molecule has 0 aliphatic carbocycles. The summed E-state index contributed by atoms with van der Waals surface area (Å²) in [6.45, 7) is 0.560. The highest BCUT2D eigenvalue weighted by molar-refractivity contribution is 6.34. The van der Waals surface area contributed by atoms with Crippen molar-refractivity contribution in [1.29, 1.82) is 0 Å². The molecule has 0 heterocycles. The summed E-state index contributed by atoms with van der Waals surface area (Å²) in [5, 5.41) is 16.8. The van der Waals surface area contributed by atoms with Gasteiger partial charge in [0.25, 0.3) is 0 Å². The zero-order valence-corrected chi connectivity index (χ0v) is 14.8. The molecule has 0 bridgehead atoms. The van der Waals surface area contributed by atoms with Crippen molar-refractivity contribution in [3.05, 3.63) is 33.8 Å². The minimum absolute atomic E-state index is 0.0266. The van der Waals surface area contributed by atoms with E-state index in [1.54, 1.807) is 12.1 Å². The molecule has 4 N–H and O–H groups in total. The van der Waals surface area contributed by atoms with E-state index in [2.05, 4.69) is 16.0 Å². The number of aliphatic carboxylic acids is 1. The third-order valence-corrected chi connectivity index (χ3v) is 3.38. The summed E-state index contributed by atoms with van der Waals surface area (Å²) < 4.78 is 0. The van der Waals surface area contributed by atoms with E-state index in [1.165, 1.54) is 13.0 Å². The molecule has 1 aromatic rings. The lowest BCUT2D eigenvalue weighted by atomic mass is 10.1. The number of carboxylic acid groups (broad SMARTS) is 1. The lowest BCUT2D eigenvalue weighted by Crippen LogP contribution is -2.47. The van der Waals surface area contributed by atoms with Crippen molar-refractivity contribution in [1.82, 2.24) is 16.0 Å². The van der Waals surface area contributed by atoms with Crippen LogP contribution in [-0.4, -0.2) is 47.9 Å². The lowest BCUT2D eigenvalue weighted by Gasteiger charge is -2.15. The third-order valence-electron chi connectivity index (χ3n) is 2.94. The Hall–Kier alpha value is -2.32. The molecule has 25 heavy (non-hydrogen) atoms. The smallest absolute Gasteiger partial charge is 0.326 e. The van der Waals surface area contributed by atoms with E-state index in [1.807, 2.05) is 0 Å². The van der Waals surface area contributed by atoms with Gasteiger partial charge in [0.2, 0.25) is 17.7 Å². The number of hydrogen-bond donors (Lipinski definition) is 4. The number of carboxylic acids is 1. The molecule has 1 atom stereocenters. The van der Waals surface area contributed by atoms with Crippen LogP contribution in [0.25, 0.3) is 0 Å². The van der Waals surface area contributed by atoms with E-state index in [0.29, 0.717) is 15.6 Å². The third kappa shape index (κ3) is 8.37. The first-order chi connectivity index (χ1) is 11.7. The van der Waals surface area contributed by atoms with Crippen LogP contribution >= 0.6 is 23.2 Å². The van der Waals surface area contributed by atoms with Crippen molar-refractivity contribution in [2.75, 3.05) is 13.1 Å². The van der Waals surface area contributed by atoms with E-state index in [4.69, 9.17) is 23.2 Å². The highest BCUT2D eigenvalue weighted by Crippen LogP contribution is 2.20. The van der Waals surface area contributed by atoms with E-state index in [-0.39, 0.29) is 18.9 Å². The molecule has 1 unspecified atom stereocenters. The summed E-state index contributed by atoms with van der Waals surface area (Å²) in [4.78, 5) is 45.2. The molecule has 10 heteroatoms. The fourth-order valence-electron chi connectivity index (χ4n) is 1.86. The second-order valence-corrected chi connectivity index (χ2v) is 6.00. The van der Waals surface area contributed by atoms with Gasteiger partial charge in [-0.05, 0) is 23.8 Å². The molecule has 0 radical (unpaired) electrons. The predicted octanol–water partition coefficient (Wildman–Crippen LogP) is 0.358. The number of carbonyl (C=O) groups excluding carboxylic acids is 3. The van der Waals surface area contributed by atoms with E-state index >= 15 is 0 Å². The van der Waals surface area contributed by atoms with E-state index in [9.17, 15) is 24.3 Å². The standard InChI is InChI=1S/C15H17Cl2N3O5/c1-8(21)18-6-13(22)19-7-14(23)20-12(15(24)25)4-9-2-10(16)5-11(17)3-9/h2-3,5,12H,4,6-7H2,1H3,(H,18,21)(H,19,22)(H,20,23)(H,24,25). The van der Waals surface area contributed by atoms with E-state index in [0.717, 1.165) is 0 Å². The summed E-state index contributed by atoms with van der Waals surface area (Å²) in [7, 11) is 0. The van der Waals surface area contributed by atoms with Crippen molar-refractivity contribution in [2.45, 2.75) is 19.4 Å². The molecule has 8 nitrogen and oxygen atoms in total. The highest BCUT2D eigenvalue weighted by Gasteiger charge is 2.21. The summed E-state index contributed by atoms with van der Waals surface area (Å²) in [6, 6.07) is 3.38. The Bertz CT molecular complexity index is 661. The van der Waals surface area contributed by atoms with Crippen LogP contribution in [0.4, 0.5) is 0 Å². The summed E-state index contributed by atoms with van der Waals surface area (Å²) >= 11 is 11.7. The number of rotatable bonds is 8. The van der Waals surface area contributed by atoms with Gasteiger partial charge in [0.05, 0.1) is 13.1 Å². The topological polar surface area (TPSA) is 125 Å². The molecule has 0 aliphatic heterocycles. The van der Waals surface area contributed by atoms with Crippen molar-refractivity contribution in [3.63, 3.8) is 0 Å². The van der Waals surface area contributed by atoms with Crippen LogP contribution in [0.5, 0.6) is 0 Å². The second-order valence-electron chi connectivity index (χ2n) is 5.13. The number of hydrogen-bond acceptors (Lipinski definition) is 4. The number of carbonyl (C=O) groups is 4. The Morgan fingerprint density at radius 1 is 1.00 bits per heavy atom. The number of halogens is 2. The first-order valence-corrected chi connectivity index (χ1v) is 7.91. The Kier molecular flexibility index (Phi) is 8.17. The van der Waals surface area contributed by atoms with Gasteiger partial charge in [-0.1, -0.05) is 23.2 Å². The van der Waals surface area contributed by atoms with Gasteiger partial charge >= 0.3 is 5.97 Å². The van der Waals surface area contributed by atoms with Crippen LogP contribution in [0, 0.1) is 0 Å². The normalized spacial score (nSPS) is 11.3. The monoisotopic (exact) mass is 389 g/mol. The van der Waals surface area contributed by atoms with Gasteiger partial charge in [-0.15, -0.1) is 0 Å². The molecule has 0 fully saturated rings. The Labute approximate surface area is 153 Å². The van der Waals surface area contributed by atoms with E-state index < -0.39 is 30.4 Å². The molecule has 3 amide bonds. The van der Waals surface area contributed by atoms with Gasteiger partial charge in [0.1, 0.15) is 6.04 Å². The Morgan fingerprint density at radius 2 is 1.56 bits per heavy atom. The zero-order chi connectivity index (χ0) is 19.0. The highest BCUT2D eigenvalue weighted by atomic mass is 35.5. The molecular weight excluding hydrogens is 373 g/mol. The maximum absolute atomic E-state index is 11.8. The zero-order valence-electron chi connectivity index (χ0n) is 13.3. The quantitative estimate of drug-likeness (QED) is 0.510. The van der Waals surface area contributed by atoms with Gasteiger partial charge in [-0.3, -0.25) is 14.4 Å². The molecule has 0 aromatic heterocycles. The number of benzene rings is 1. The van der Waals surface area contributed by atoms with Gasteiger partial charge in [0, 0.05) is 23.4 Å². The van der Waals surface area contributed by atoms with Crippen LogP contribution in [-0.2, 0) is 25.6 Å². The largest absolute Gasteiger partial charge is 0.480 e. The Balaban J connectivity index is 2.56. The second kappa shape index (κ2) is 9.85. The summed E-state index contributed by atoms with van der Waals surface area (Å²) in [6.07, 6.45) is -0.0266. The summed E-state index contributed by atoms with van der Waals surface area (Å²) in [5.41, 5.74) is 0.542. The van der Waals surface area contributed by atoms with Crippen molar-refractivity contribution < 1.29 is 24.3 Å². The first kappa shape index (κ1) is 20.7. The van der Waals surface area contributed by atoms with Crippen molar-refractivity contribution in [3.8, 4) is 0 Å². The predicted molar refractivity (Wildman–Crippen MR) is 91.4 cm³/mol. The fourth-order valence-corrected chi connectivity index (χ4v) is 2.43. The lowest BCUT2D eigenvalue weighted by molar-refractivity contribution is -0.141. The molecule has 136 valence electrons. The molecular formula is C15H17Cl2N3O5. The molecule has 1 aromatic carbocycles. The molecule has 0 spiro atoms. The van der Waals surface area contributed by atoms with Crippen molar-refractivity contribution >= 4 is 46.9 Å². The van der Waals surface area contributed by atoms with Gasteiger partial charge in [-0.25, -0.2) is 4.79 Å². The van der Waals surface area contributed by atoms with Crippen LogP contribution < -0.4 is 16.0 Å². The average Bonchev–Trinajstić information content (AvgIpc) is 2.49. The minimum atomic E-state index is -1.24. The maximum atomic E-state index is 11.8. The number of amides is 3. The van der Waals surface area contributed by atoms with Crippen LogP contribution in [0.2, 0.25) is 10.0 Å². The van der Waals surface area contributed by atoms with Crippen LogP contribution in [0.3, 0.4) is 0 Å². The summed E-state index contributed by atoms with van der Waals surface area (Å²) in [5.74, 6) is -2.88. The van der Waals surface area contributed by atoms with Gasteiger partial charge < -0.3 is 21.1 Å². The van der Waals surface area contributed by atoms with Crippen LogP contribution in [0.1, 0.15) is 12.5 Å². The Morgan fingerprint density at radius 3 is 2.08 bits per heavy atom. The fraction of sp³-hybridized carbons (Fsp3) is 0.333.